The number of carbonyl (C=O) groups is 10. The third-order valence-electron chi connectivity index (χ3n) is 7.63. The zero-order chi connectivity index (χ0) is 42.3. The summed E-state index contributed by atoms with van der Waals surface area (Å²) in [4.78, 5) is 123. The first-order chi connectivity index (χ1) is 27.1. The Morgan fingerprint density at radius 1 is 0.561 bits per heavy atom. The van der Waals surface area contributed by atoms with E-state index in [2.05, 4.69) is 37.2 Å². The summed E-state index contributed by atoms with van der Waals surface area (Å²) in [7, 11) is 0. The van der Waals surface area contributed by atoms with Crippen molar-refractivity contribution in [2.45, 2.75) is 56.5 Å². The van der Waals surface area contributed by atoms with Gasteiger partial charge in [-0.05, 0) is 17.5 Å². The molecule has 22 nitrogen and oxygen atoms in total. The highest BCUT2D eigenvalue weighted by atomic mass is 16.5. The van der Waals surface area contributed by atoms with Crippen LogP contribution in [0, 0.1) is 0 Å². The van der Waals surface area contributed by atoms with Crippen molar-refractivity contribution in [3.8, 4) is 0 Å². The molecule has 4 atom stereocenters. The topological polar surface area (TPSA) is 362 Å². The molecule has 0 heterocycles. The van der Waals surface area contributed by atoms with Crippen LogP contribution in [0.15, 0.2) is 60.7 Å². The normalized spacial score (nSPS) is 12.5. The summed E-state index contributed by atoms with van der Waals surface area (Å²) in [6.07, 6.45) is -2.18. The lowest BCUT2D eigenvalue weighted by Gasteiger charge is -2.23. The van der Waals surface area contributed by atoms with Crippen LogP contribution in [0.2, 0.25) is 0 Å². The number of nitrogens with two attached hydrogens (primary N) is 3. The molecule has 14 N–H and O–H groups in total. The SMILES string of the molecule is NC(=O)CCC(NC(=O)OCc1ccccc1)C(=O)NCC(=O)NCC(=O)NCC(=O)NC(CO)C(=O)NC(CC(N)=O)C(=O)NC(Cc1ccccc1)C(N)=O. The van der Waals surface area contributed by atoms with E-state index >= 15 is 0 Å². The smallest absolute Gasteiger partial charge is 0.408 e. The number of alkyl carbamates (subject to hydrolysis) is 1. The molecule has 22 heteroatoms. The first-order valence-electron chi connectivity index (χ1n) is 17.3. The molecule has 4 unspecified atom stereocenters. The summed E-state index contributed by atoms with van der Waals surface area (Å²) >= 11 is 0. The van der Waals surface area contributed by atoms with Gasteiger partial charge in [0, 0.05) is 12.8 Å². The van der Waals surface area contributed by atoms with Crippen LogP contribution >= 0.6 is 0 Å². The average molecular weight is 799 g/mol. The standard InChI is InChI=1S/C35H46N10O12/c36-26(47)12-11-22(45-35(56)57-19-21-9-5-2-6-10-21)32(53)41-16-29(50)39-15-28(49)40-17-30(51)42-25(18-46)34(55)44-24(14-27(37)48)33(54)43-23(31(38)52)13-20-7-3-1-4-8-20/h1-10,22-25,46H,11-19H2,(H2,36,47)(H2,37,48)(H2,38,52)(H,39,50)(H,40,49)(H,41,53)(H,42,51)(H,43,54)(H,44,55)(H,45,56). The van der Waals surface area contributed by atoms with Gasteiger partial charge in [0.25, 0.3) is 0 Å². The molecule has 0 spiro atoms. The minimum absolute atomic E-state index is 0.00612. The predicted molar refractivity (Wildman–Crippen MR) is 197 cm³/mol. The van der Waals surface area contributed by atoms with Crippen LogP contribution in [-0.2, 0) is 60.9 Å². The molecule has 0 bridgehead atoms. The lowest BCUT2D eigenvalue weighted by atomic mass is 10.0. The second-order valence-corrected chi connectivity index (χ2v) is 12.2. The molecule has 2 aromatic carbocycles. The fourth-order valence-electron chi connectivity index (χ4n) is 4.70. The number of hydrogen-bond donors (Lipinski definition) is 11. The predicted octanol–water partition coefficient (Wildman–Crippen LogP) is -5.05. The number of nitrogens with one attached hydrogen (secondary N) is 7. The number of amides is 10. The summed E-state index contributed by atoms with van der Waals surface area (Å²) in [5.41, 5.74) is 17.1. The van der Waals surface area contributed by atoms with Crippen LogP contribution in [0.5, 0.6) is 0 Å². The maximum absolute atomic E-state index is 13.0. The van der Waals surface area contributed by atoms with E-state index in [9.17, 15) is 53.1 Å². The van der Waals surface area contributed by atoms with Gasteiger partial charge in [-0.1, -0.05) is 60.7 Å². The van der Waals surface area contributed by atoms with Gasteiger partial charge in [-0.15, -0.1) is 0 Å². The van der Waals surface area contributed by atoms with E-state index in [1.807, 2.05) is 0 Å². The number of aliphatic hydroxyl groups excluding tert-OH is 1. The second kappa shape index (κ2) is 24.3. The van der Waals surface area contributed by atoms with Crippen molar-refractivity contribution >= 4 is 59.3 Å². The number of benzene rings is 2. The molecule has 2 rings (SSSR count). The van der Waals surface area contributed by atoms with E-state index < -0.39 is 116 Å². The first-order valence-corrected chi connectivity index (χ1v) is 17.3. The van der Waals surface area contributed by atoms with Gasteiger partial charge in [0.05, 0.1) is 32.7 Å². The largest absolute Gasteiger partial charge is 0.445 e. The quantitative estimate of drug-likeness (QED) is 0.0476. The van der Waals surface area contributed by atoms with Crippen LogP contribution < -0.4 is 54.4 Å². The lowest BCUT2D eigenvalue weighted by molar-refractivity contribution is -0.135. The van der Waals surface area contributed by atoms with E-state index in [-0.39, 0.29) is 25.9 Å². The van der Waals surface area contributed by atoms with Gasteiger partial charge in [-0.3, -0.25) is 43.2 Å². The summed E-state index contributed by atoms with van der Waals surface area (Å²) in [5, 5.41) is 25.3. The molecular formula is C35H46N10O12. The Morgan fingerprint density at radius 2 is 1.09 bits per heavy atom. The van der Waals surface area contributed by atoms with E-state index in [1.54, 1.807) is 60.7 Å². The zero-order valence-electron chi connectivity index (χ0n) is 30.6. The third kappa shape index (κ3) is 18.7. The fourth-order valence-corrected chi connectivity index (χ4v) is 4.70. The van der Waals surface area contributed by atoms with Crippen LogP contribution in [0.1, 0.15) is 30.4 Å². The Hall–Kier alpha value is -7.10. The van der Waals surface area contributed by atoms with Crippen LogP contribution in [-0.4, -0.2) is 115 Å². The second-order valence-electron chi connectivity index (χ2n) is 12.2. The molecule has 0 aliphatic heterocycles. The Labute approximate surface area is 325 Å². The van der Waals surface area contributed by atoms with E-state index in [0.29, 0.717) is 11.1 Å². The highest BCUT2D eigenvalue weighted by Crippen LogP contribution is 2.05. The number of ether oxygens (including phenoxy) is 1. The summed E-state index contributed by atoms with van der Waals surface area (Å²) in [6, 6.07) is 11.3. The van der Waals surface area contributed by atoms with Crippen molar-refractivity contribution in [2.75, 3.05) is 26.2 Å². The monoisotopic (exact) mass is 798 g/mol. The fraction of sp³-hybridized carbons (Fsp3) is 0.371. The van der Waals surface area contributed by atoms with E-state index in [0.717, 1.165) is 0 Å². The number of primary amides is 3. The lowest BCUT2D eigenvalue weighted by Crippen LogP contribution is -2.58. The molecule has 0 aliphatic rings. The van der Waals surface area contributed by atoms with Gasteiger partial charge in [-0.25, -0.2) is 4.79 Å². The Morgan fingerprint density at radius 3 is 1.63 bits per heavy atom. The van der Waals surface area contributed by atoms with E-state index in [4.69, 9.17) is 21.9 Å². The van der Waals surface area contributed by atoms with Gasteiger partial charge < -0.3 is 64.3 Å². The Kier molecular flexibility index (Phi) is 19.7. The van der Waals surface area contributed by atoms with Crippen molar-refractivity contribution in [1.29, 1.82) is 0 Å². The van der Waals surface area contributed by atoms with Crippen molar-refractivity contribution in [2.24, 2.45) is 17.2 Å². The van der Waals surface area contributed by atoms with Crippen molar-refractivity contribution in [3.63, 3.8) is 0 Å². The molecule has 0 saturated heterocycles. The maximum Gasteiger partial charge on any atom is 0.408 e. The Balaban J connectivity index is 1.82. The van der Waals surface area contributed by atoms with Crippen molar-refractivity contribution in [1.82, 2.24) is 37.2 Å². The number of rotatable bonds is 24. The van der Waals surface area contributed by atoms with Gasteiger partial charge in [0.2, 0.25) is 53.2 Å². The molecule has 0 fully saturated rings. The maximum atomic E-state index is 13.0. The minimum Gasteiger partial charge on any atom is -0.445 e. The van der Waals surface area contributed by atoms with Crippen molar-refractivity contribution < 1.29 is 57.8 Å². The average Bonchev–Trinajstić information content (AvgIpc) is 3.17. The highest BCUT2D eigenvalue weighted by molar-refractivity contribution is 5.97. The molecule has 0 aromatic heterocycles. The summed E-state index contributed by atoms with van der Waals surface area (Å²) in [5.74, 6) is -8.35. The summed E-state index contributed by atoms with van der Waals surface area (Å²) < 4.78 is 5.08. The molecular weight excluding hydrogens is 752 g/mol. The number of aliphatic hydroxyl groups is 1. The van der Waals surface area contributed by atoms with E-state index in [1.165, 1.54) is 0 Å². The van der Waals surface area contributed by atoms with Crippen LogP contribution in [0.25, 0.3) is 0 Å². The number of carbonyl (C=O) groups excluding carboxylic acids is 10. The number of hydrogen-bond acceptors (Lipinski definition) is 12. The molecule has 2 aromatic rings. The Bertz CT molecular complexity index is 1750. The molecule has 10 amide bonds. The first kappa shape index (κ1) is 46.1. The van der Waals surface area contributed by atoms with Gasteiger partial charge in [-0.2, -0.15) is 0 Å². The molecule has 0 radical (unpaired) electrons. The zero-order valence-corrected chi connectivity index (χ0v) is 30.6. The molecule has 0 aliphatic carbocycles. The van der Waals surface area contributed by atoms with Crippen LogP contribution in [0.3, 0.4) is 0 Å². The highest BCUT2D eigenvalue weighted by Gasteiger charge is 2.30. The third-order valence-corrected chi connectivity index (χ3v) is 7.63. The molecule has 0 saturated carbocycles. The van der Waals surface area contributed by atoms with Gasteiger partial charge >= 0.3 is 6.09 Å². The van der Waals surface area contributed by atoms with Gasteiger partial charge in [0.1, 0.15) is 30.8 Å². The molecule has 57 heavy (non-hydrogen) atoms. The van der Waals surface area contributed by atoms with Crippen LogP contribution in [0.4, 0.5) is 4.79 Å². The molecule has 308 valence electrons. The minimum atomic E-state index is -1.68. The summed E-state index contributed by atoms with van der Waals surface area (Å²) in [6.45, 7) is -3.14. The van der Waals surface area contributed by atoms with Gasteiger partial charge in [0.15, 0.2) is 0 Å². The van der Waals surface area contributed by atoms with Crippen molar-refractivity contribution in [3.05, 3.63) is 71.8 Å².